The molecule has 0 aromatic rings. The van der Waals surface area contributed by atoms with Crippen LogP contribution in [0.2, 0.25) is 26.2 Å². The molecule has 0 fully saturated rings. The fourth-order valence-electron chi connectivity index (χ4n) is 2.87. The summed E-state index contributed by atoms with van der Waals surface area (Å²) in [6.45, 7) is 14.5. The molecular formula is C21H44O3Si2. The zero-order valence-corrected chi connectivity index (χ0v) is 20.4. The van der Waals surface area contributed by atoms with Gasteiger partial charge in [-0.25, -0.2) is 0 Å². The second-order valence-electron chi connectivity index (χ2n) is 7.88. The quantitative estimate of drug-likeness (QED) is 0.162. The summed E-state index contributed by atoms with van der Waals surface area (Å²) in [4.78, 5) is 0. The first-order valence-corrected chi connectivity index (χ1v) is 16.4. The minimum Gasteiger partial charge on any atom is -0.415 e. The van der Waals surface area contributed by atoms with E-state index < -0.39 is 17.1 Å². The lowest BCUT2D eigenvalue weighted by molar-refractivity contribution is 0.190. The number of unbranched alkanes of at least 4 members (excludes halogenated alkanes) is 8. The van der Waals surface area contributed by atoms with Gasteiger partial charge in [-0.3, -0.25) is 0 Å². The van der Waals surface area contributed by atoms with Crippen molar-refractivity contribution in [2.24, 2.45) is 0 Å². The van der Waals surface area contributed by atoms with E-state index in [1.807, 2.05) is 0 Å². The van der Waals surface area contributed by atoms with Crippen LogP contribution in [0.25, 0.3) is 0 Å². The molecule has 0 aliphatic heterocycles. The van der Waals surface area contributed by atoms with Gasteiger partial charge in [0.2, 0.25) is 0 Å². The topological polar surface area (TPSA) is 27.7 Å². The molecule has 154 valence electrons. The molecule has 0 saturated heterocycles. The van der Waals surface area contributed by atoms with E-state index in [1.54, 1.807) is 0 Å². The maximum atomic E-state index is 6.32. The Hall–Kier alpha value is -0.126. The molecule has 0 aromatic carbocycles. The zero-order chi connectivity index (χ0) is 19.7. The Morgan fingerprint density at radius 2 is 1.12 bits per heavy atom. The van der Waals surface area contributed by atoms with Crippen molar-refractivity contribution in [2.75, 3.05) is 13.2 Å². The van der Waals surface area contributed by atoms with Gasteiger partial charge in [-0.15, -0.1) is 11.8 Å². The van der Waals surface area contributed by atoms with E-state index in [9.17, 15) is 0 Å². The van der Waals surface area contributed by atoms with Gasteiger partial charge in [-0.05, 0) is 45.5 Å². The molecular weight excluding hydrogens is 356 g/mol. The summed E-state index contributed by atoms with van der Waals surface area (Å²) >= 11 is 0. The largest absolute Gasteiger partial charge is 0.415 e. The van der Waals surface area contributed by atoms with E-state index in [0.717, 1.165) is 38.9 Å². The average molecular weight is 401 g/mol. The molecule has 0 saturated carbocycles. The summed E-state index contributed by atoms with van der Waals surface area (Å²) in [6.07, 6.45) is 13.2. The van der Waals surface area contributed by atoms with Crippen molar-refractivity contribution >= 4 is 17.1 Å². The summed E-state index contributed by atoms with van der Waals surface area (Å²) in [5.41, 5.74) is 0. The van der Waals surface area contributed by atoms with Crippen LogP contribution < -0.4 is 0 Å². The van der Waals surface area contributed by atoms with Crippen LogP contribution >= 0.6 is 0 Å². The SMILES string of the molecule is CCC#CCCCCCCCCO[Si](C)(C)O[Si](C)(C)OCCCCC. The highest BCUT2D eigenvalue weighted by Gasteiger charge is 2.36. The standard InChI is InChI=1S/C21H44O3Si2/c1-7-9-11-12-13-14-15-16-17-19-21-23-26(5,6)24-25(3,4)22-20-18-10-8-2/h7-8,10,12-21H2,1-6H3. The van der Waals surface area contributed by atoms with Crippen molar-refractivity contribution in [2.45, 2.75) is 111 Å². The maximum absolute atomic E-state index is 6.32. The lowest BCUT2D eigenvalue weighted by Gasteiger charge is -2.32. The highest BCUT2D eigenvalue weighted by molar-refractivity contribution is 6.78. The first-order valence-electron chi connectivity index (χ1n) is 10.8. The molecule has 5 heteroatoms. The summed E-state index contributed by atoms with van der Waals surface area (Å²) in [6, 6.07) is 0. The molecule has 0 N–H and O–H groups in total. The fraction of sp³-hybridized carbons (Fsp3) is 0.905. The fourth-order valence-corrected chi connectivity index (χ4v) is 9.35. The van der Waals surface area contributed by atoms with Gasteiger partial charge in [0, 0.05) is 26.1 Å². The highest BCUT2D eigenvalue weighted by atomic mass is 28.5. The average Bonchev–Trinajstić information content (AvgIpc) is 2.55. The number of rotatable bonds is 16. The Labute approximate surface area is 166 Å². The smallest absolute Gasteiger partial charge is 0.322 e. The van der Waals surface area contributed by atoms with Gasteiger partial charge in [0.25, 0.3) is 0 Å². The van der Waals surface area contributed by atoms with Crippen LogP contribution in [0.15, 0.2) is 0 Å². The Kier molecular flexibility index (Phi) is 15.8. The Balaban J connectivity index is 3.70. The van der Waals surface area contributed by atoms with Crippen molar-refractivity contribution in [3.8, 4) is 11.8 Å². The number of hydrogen-bond donors (Lipinski definition) is 0. The third-order valence-electron chi connectivity index (χ3n) is 4.14. The second kappa shape index (κ2) is 15.9. The van der Waals surface area contributed by atoms with Crippen LogP contribution in [-0.4, -0.2) is 30.3 Å². The van der Waals surface area contributed by atoms with Crippen LogP contribution in [0.3, 0.4) is 0 Å². The van der Waals surface area contributed by atoms with Crippen LogP contribution in [0.4, 0.5) is 0 Å². The molecule has 0 aliphatic carbocycles. The van der Waals surface area contributed by atoms with Crippen molar-refractivity contribution in [3.63, 3.8) is 0 Å². The Morgan fingerprint density at radius 1 is 0.615 bits per heavy atom. The van der Waals surface area contributed by atoms with E-state index >= 15 is 0 Å². The second-order valence-corrected chi connectivity index (χ2v) is 14.9. The van der Waals surface area contributed by atoms with Crippen LogP contribution in [-0.2, 0) is 13.0 Å². The van der Waals surface area contributed by atoms with Gasteiger partial charge < -0.3 is 13.0 Å². The summed E-state index contributed by atoms with van der Waals surface area (Å²) < 4.78 is 18.5. The molecule has 26 heavy (non-hydrogen) atoms. The summed E-state index contributed by atoms with van der Waals surface area (Å²) in [5.74, 6) is 6.35. The predicted molar refractivity (Wildman–Crippen MR) is 118 cm³/mol. The molecule has 0 spiro atoms. The van der Waals surface area contributed by atoms with Crippen molar-refractivity contribution < 1.29 is 13.0 Å². The lowest BCUT2D eigenvalue weighted by atomic mass is 10.1. The molecule has 0 aliphatic rings. The molecule has 0 bridgehead atoms. The molecule has 0 rings (SSSR count). The molecule has 0 atom stereocenters. The normalized spacial score (nSPS) is 12.1. The van der Waals surface area contributed by atoms with E-state index in [0.29, 0.717) is 0 Å². The van der Waals surface area contributed by atoms with Crippen LogP contribution in [0.5, 0.6) is 0 Å². The molecule has 0 heterocycles. The van der Waals surface area contributed by atoms with E-state index in [4.69, 9.17) is 13.0 Å². The molecule has 0 unspecified atom stereocenters. The van der Waals surface area contributed by atoms with E-state index in [2.05, 4.69) is 51.9 Å². The minimum atomic E-state index is -2.08. The van der Waals surface area contributed by atoms with E-state index in [1.165, 1.54) is 44.9 Å². The predicted octanol–water partition coefficient (Wildman–Crippen LogP) is 6.77. The van der Waals surface area contributed by atoms with Crippen LogP contribution in [0.1, 0.15) is 84.5 Å². The Morgan fingerprint density at radius 3 is 1.65 bits per heavy atom. The van der Waals surface area contributed by atoms with Crippen molar-refractivity contribution in [1.82, 2.24) is 0 Å². The molecule has 0 aromatic heterocycles. The van der Waals surface area contributed by atoms with E-state index in [-0.39, 0.29) is 0 Å². The monoisotopic (exact) mass is 400 g/mol. The van der Waals surface area contributed by atoms with Gasteiger partial charge in [-0.2, -0.15) is 0 Å². The lowest BCUT2D eigenvalue weighted by Crippen LogP contribution is -2.48. The molecule has 0 radical (unpaired) electrons. The Bertz CT molecular complexity index is 386. The first kappa shape index (κ1) is 25.9. The third-order valence-corrected chi connectivity index (χ3v) is 9.87. The minimum absolute atomic E-state index is 0.821. The van der Waals surface area contributed by atoms with Crippen molar-refractivity contribution in [3.05, 3.63) is 0 Å². The van der Waals surface area contributed by atoms with Gasteiger partial charge >= 0.3 is 17.1 Å². The highest BCUT2D eigenvalue weighted by Crippen LogP contribution is 2.18. The van der Waals surface area contributed by atoms with Crippen LogP contribution in [0, 0.1) is 11.8 Å². The summed E-state index contributed by atoms with van der Waals surface area (Å²) in [5, 5.41) is 0. The first-order chi connectivity index (χ1) is 12.3. The maximum Gasteiger partial charge on any atom is 0.322 e. The number of hydrogen-bond acceptors (Lipinski definition) is 3. The van der Waals surface area contributed by atoms with Gasteiger partial charge in [0.1, 0.15) is 0 Å². The third kappa shape index (κ3) is 17.3. The van der Waals surface area contributed by atoms with Crippen molar-refractivity contribution in [1.29, 1.82) is 0 Å². The van der Waals surface area contributed by atoms with Gasteiger partial charge in [-0.1, -0.05) is 52.4 Å². The molecule has 0 amide bonds. The zero-order valence-electron chi connectivity index (χ0n) is 18.4. The summed E-state index contributed by atoms with van der Waals surface area (Å²) in [7, 11) is -4.14. The molecule has 3 nitrogen and oxygen atoms in total. The van der Waals surface area contributed by atoms with Gasteiger partial charge in [0.05, 0.1) is 0 Å². The van der Waals surface area contributed by atoms with Gasteiger partial charge in [0.15, 0.2) is 0 Å².